The van der Waals surface area contributed by atoms with Gasteiger partial charge in [0.15, 0.2) is 0 Å². The Morgan fingerprint density at radius 2 is 2.07 bits per heavy atom. The molecule has 3 aromatic rings. The fraction of sp³-hybridized carbons (Fsp3) is 0.176. The topological polar surface area (TPSA) is 115 Å². The Balaban J connectivity index is 1.72. The third-order valence-corrected chi connectivity index (χ3v) is 6.53. The molecule has 1 amide bonds. The number of aliphatic hydroxyl groups is 1. The molecule has 3 N–H and O–H groups in total. The molecule has 1 aliphatic heterocycles. The summed E-state index contributed by atoms with van der Waals surface area (Å²) in [6, 6.07) is 6.38. The van der Waals surface area contributed by atoms with Crippen LogP contribution >= 0.6 is 11.6 Å². The second kappa shape index (κ2) is 6.82. The van der Waals surface area contributed by atoms with Crippen molar-refractivity contribution in [1.82, 2.24) is 14.3 Å². The molecule has 1 fully saturated rings. The van der Waals surface area contributed by atoms with Gasteiger partial charge in [-0.1, -0.05) is 11.6 Å². The number of aliphatic hydroxyl groups excluding tert-OH is 1. The van der Waals surface area contributed by atoms with Crippen molar-refractivity contribution in [2.75, 3.05) is 18.4 Å². The molecule has 4 rings (SSSR count). The van der Waals surface area contributed by atoms with Crippen molar-refractivity contribution in [3.05, 3.63) is 53.1 Å². The maximum Gasteiger partial charge on any atom is 0.255 e. The minimum atomic E-state index is -3.92. The first-order valence-corrected chi connectivity index (χ1v) is 9.99. The normalized spacial score (nSPS) is 15.5. The molecule has 0 radical (unpaired) electrons. The van der Waals surface area contributed by atoms with Crippen molar-refractivity contribution in [3.63, 3.8) is 0 Å². The van der Waals surface area contributed by atoms with E-state index in [1.165, 1.54) is 30.6 Å². The van der Waals surface area contributed by atoms with Gasteiger partial charge in [-0.15, -0.1) is 0 Å². The molecule has 2 aromatic carbocycles. The minimum absolute atomic E-state index is 0.0114. The predicted molar refractivity (Wildman–Crippen MR) is 100 cm³/mol. The Kier molecular flexibility index (Phi) is 4.58. The number of anilines is 1. The number of rotatable bonds is 4. The van der Waals surface area contributed by atoms with Gasteiger partial charge in [-0.25, -0.2) is 17.8 Å². The van der Waals surface area contributed by atoms with Crippen LogP contribution in [0.3, 0.4) is 0 Å². The summed E-state index contributed by atoms with van der Waals surface area (Å²) in [6.45, 7) is -0.0229. The van der Waals surface area contributed by atoms with Crippen LogP contribution in [0, 0.1) is 5.82 Å². The van der Waals surface area contributed by atoms with E-state index in [9.17, 15) is 22.7 Å². The van der Waals surface area contributed by atoms with Gasteiger partial charge in [0.25, 0.3) is 5.91 Å². The standard InChI is InChI=1S/C17H14ClFN4O4S/c18-12-5-10(1-2-13(12)19)22-17(25)9-3-14-16(21-8-20-14)15(4-9)28(26,27)23-6-11(24)7-23/h1-5,8,11,24H,6-7H2,(H,20,21)(H,22,25). The van der Waals surface area contributed by atoms with Gasteiger partial charge in [-0.2, -0.15) is 4.31 Å². The molecule has 28 heavy (non-hydrogen) atoms. The van der Waals surface area contributed by atoms with Gasteiger partial charge in [-0.05, 0) is 30.3 Å². The second-order valence-electron chi connectivity index (χ2n) is 6.33. The first-order valence-electron chi connectivity index (χ1n) is 8.17. The molecule has 0 bridgehead atoms. The fourth-order valence-electron chi connectivity index (χ4n) is 2.88. The number of hydrogen-bond acceptors (Lipinski definition) is 5. The fourth-order valence-corrected chi connectivity index (χ4v) is 4.77. The Morgan fingerprint density at radius 3 is 2.75 bits per heavy atom. The van der Waals surface area contributed by atoms with Gasteiger partial charge in [0.2, 0.25) is 10.0 Å². The monoisotopic (exact) mass is 424 g/mol. The van der Waals surface area contributed by atoms with E-state index >= 15 is 0 Å². The molecule has 11 heteroatoms. The number of imidazole rings is 1. The number of hydrogen-bond donors (Lipinski definition) is 3. The summed E-state index contributed by atoms with van der Waals surface area (Å²) < 4.78 is 40.1. The third kappa shape index (κ3) is 3.24. The van der Waals surface area contributed by atoms with Gasteiger partial charge >= 0.3 is 0 Å². The number of aromatic nitrogens is 2. The average molecular weight is 425 g/mol. The van der Waals surface area contributed by atoms with Crippen LogP contribution in [0.5, 0.6) is 0 Å². The molecule has 0 aliphatic carbocycles. The van der Waals surface area contributed by atoms with E-state index in [0.29, 0.717) is 5.52 Å². The molecule has 0 saturated carbocycles. The lowest BCUT2D eigenvalue weighted by Gasteiger charge is -2.34. The Bertz CT molecular complexity index is 1190. The zero-order valence-electron chi connectivity index (χ0n) is 14.2. The molecule has 2 heterocycles. The van der Waals surface area contributed by atoms with Crippen LogP contribution in [-0.4, -0.2) is 52.9 Å². The number of nitrogens with one attached hydrogen (secondary N) is 2. The SMILES string of the molecule is O=C(Nc1ccc(F)c(Cl)c1)c1cc(S(=O)(=O)N2CC(O)C2)c2[nH]cnc2c1. The van der Waals surface area contributed by atoms with E-state index < -0.39 is 27.9 Å². The largest absolute Gasteiger partial charge is 0.390 e. The number of benzene rings is 2. The number of amides is 1. The highest BCUT2D eigenvalue weighted by Crippen LogP contribution is 2.29. The minimum Gasteiger partial charge on any atom is -0.390 e. The molecule has 0 unspecified atom stereocenters. The van der Waals surface area contributed by atoms with Gasteiger partial charge < -0.3 is 15.4 Å². The van der Waals surface area contributed by atoms with Crippen molar-refractivity contribution < 1.29 is 22.7 Å². The highest BCUT2D eigenvalue weighted by molar-refractivity contribution is 7.89. The number of carbonyl (C=O) groups is 1. The number of halogens is 2. The van der Waals surface area contributed by atoms with Gasteiger partial charge in [0.1, 0.15) is 10.7 Å². The summed E-state index contributed by atoms with van der Waals surface area (Å²) in [5.41, 5.74) is 0.876. The Labute approximate surface area is 164 Å². The Hall–Kier alpha value is -2.53. The van der Waals surface area contributed by atoms with Crippen molar-refractivity contribution in [2.45, 2.75) is 11.0 Å². The third-order valence-electron chi connectivity index (χ3n) is 4.38. The summed E-state index contributed by atoms with van der Waals surface area (Å²) in [7, 11) is -3.92. The van der Waals surface area contributed by atoms with E-state index in [2.05, 4.69) is 15.3 Å². The zero-order valence-corrected chi connectivity index (χ0v) is 15.8. The van der Waals surface area contributed by atoms with Crippen LogP contribution in [0.2, 0.25) is 5.02 Å². The van der Waals surface area contributed by atoms with Crippen LogP contribution < -0.4 is 5.32 Å². The number of fused-ring (bicyclic) bond motifs is 1. The lowest BCUT2D eigenvalue weighted by molar-refractivity contribution is 0.0548. The number of nitrogens with zero attached hydrogens (tertiary/aromatic N) is 2. The van der Waals surface area contributed by atoms with Crippen LogP contribution in [0.4, 0.5) is 10.1 Å². The lowest BCUT2D eigenvalue weighted by Crippen LogP contribution is -2.53. The Morgan fingerprint density at radius 1 is 1.32 bits per heavy atom. The molecule has 0 spiro atoms. The molecule has 1 aliphatic rings. The average Bonchev–Trinajstić information content (AvgIpc) is 3.09. The predicted octanol–water partition coefficient (Wildman–Crippen LogP) is 1.97. The number of H-pyrrole nitrogens is 1. The quantitative estimate of drug-likeness (QED) is 0.592. The second-order valence-corrected chi connectivity index (χ2v) is 8.64. The van der Waals surface area contributed by atoms with E-state index in [-0.39, 0.29) is 39.8 Å². The number of β-amino-alcohol motifs (C(OH)–C–C–N with tert-alkyl or cyclic N) is 1. The van der Waals surface area contributed by atoms with Crippen LogP contribution in [0.25, 0.3) is 11.0 Å². The highest BCUT2D eigenvalue weighted by atomic mass is 35.5. The maximum atomic E-state index is 13.3. The summed E-state index contributed by atoms with van der Waals surface area (Å²) in [5.74, 6) is -1.23. The maximum absolute atomic E-state index is 13.3. The first-order chi connectivity index (χ1) is 13.3. The van der Waals surface area contributed by atoms with Gasteiger partial charge in [0.05, 0.1) is 28.5 Å². The highest BCUT2D eigenvalue weighted by Gasteiger charge is 2.37. The molecule has 0 atom stereocenters. The van der Waals surface area contributed by atoms with Crippen molar-refractivity contribution in [1.29, 1.82) is 0 Å². The summed E-state index contributed by atoms with van der Waals surface area (Å²) in [5, 5.41) is 11.8. The smallest absolute Gasteiger partial charge is 0.255 e. The number of carbonyl (C=O) groups excluding carboxylic acids is 1. The van der Waals surface area contributed by atoms with Gasteiger partial charge in [0, 0.05) is 24.3 Å². The molecule has 146 valence electrons. The van der Waals surface area contributed by atoms with Crippen molar-refractivity contribution >= 4 is 44.3 Å². The van der Waals surface area contributed by atoms with E-state index in [0.717, 1.165) is 10.4 Å². The number of sulfonamides is 1. The lowest BCUT2D eigenvalue weighted by atomic mass is 10.2. The van der Waals surface area contributed by atoms with E-state index in [4.69, 9.17) is 11.6 Å². The van der Waals surface area contributed by atoms with Gasteiger partial charge in [-0.3, -0.25) is 4.79 Å². The molecule has 8 nitrogen and oxygen atoms in total. The first kappa shape index (κ1) is 18.8. The summed E-state index contributed by atoms with van der Waals surface area (Å²) in [6.07, 6.45) is 0.623. The van der Waals surface area contributed by atoms with Crippen LogP contribution in [0.15, 0.2) is 41.6 Å². The number of aromatic amines is 1. The van der Waals surface area contributed by atoms with Crippen LogP contribution in [-0.2, 0) is 10.0 Å². The summed E-state index contributed by atoms with van der Waals surface area (Å²) in [4.78, 5) is 19.3. The van der Waals surface area contributed by atoms with E-state index in [1.54, 1.807) is 0 Å². The van der Waals surface area contributed by atoms with Crippen LogP contribution in [0.1, 0.15) is 10.4 Å². The van der Waals surface area contributed by atoms with Crippen molar-refractivity contribution in [2.24, 2.45) is 0 Å². The molecule has 1 saturated heterocycles. The van der Waals surface area contributed by atoms with Crippen molar-refractivity contribution in [3.8, 4) is 0 Å². The van der Waals surface area contributed by atoms with E-state index in [1.807, 2.05) is 0 Å². The molecular weight excluding hydrogens is 411 g/mol. The molecule has 1 aromatic heterocycles. The molecular formula is C17H14ClFN4O4S. The zero-order chi connectivity index (χ0) is 20.1. The summed E-state index contributed by atoms with van der Waals surface area (Å²) >= 11 is 5.72.